The Kier molecular flexibility index (Phi) is 3.16. The molecule has 0 amide bonds. The van der Waals surface area contributed by atoms with Crippen molar-refractivity contribution < 1.29 is 0 Å². The monoisotopic (exact) mass is 273 g/mol. The van der Waals surface area contributed by atoms with Gasteiger partial charge in [0.25, 0.3) is 0 Å². The summed E-state index contributed by atoms with van der Waals surface area (Å²) in [5.74, 6) is 0.870. The van der Waals surface area contributed by atoms with E-state index < -0.39 is 0 Å². The predicted octanol–water partition coefficient (Wildman–Crippen LogP) is 2.46. The molecule has 0 aliphatic rings. The van der Waals surface area contributed by atoms with Crippen LogP contribution >= 0.6 is 11.3 Å². The van der Waals surface area contributed by atoms with Crippen LogP contribution < -0.4 is 5.32 Å². The van der Waals surface area contributed by atoms with Crippen LogP contribution in [-0.2, 0) is 6.42 Å². The second-order valence-corrected chi connectivity index (χ2v) is 5.49. The van der Waals surface area contributed by atoms with Gasteiger partial charge < -0.3 is 5.32 Å². The van der Waals surface area contributed by atoms with Gasteiger partial charge >= 0.3 is 0 Å². The molecular formula is C13H15N5S. The number of rotatable bonds is 4. The van der Waals surface area contributed by atoms with E-state index in [-0.39, 0.29) is 0 Å². The van der Waals surface area contributed by atoms with Crippen molar-refractivity contribution in [3.63, 3.8) is 0 Å². The zero-order valence-corrected chi connectivity index (χ0v) is 11.7. The molecule has 5 nitrogen and oxygen atoms in total. The third-order valence-electron chi connectivity index (χ3n) is 2.85. The molecule has 19 heavy (non-hydrogen) atoms. The summed E-state index contributed by atoms with van der Waals surface area (Å²) in [5.41, 5.74) is 3.13. The Bertz CT molecular complexity index is 700. The van der Waals surface area contributed by atoms with Gasteiger partial charge in [-0.25, -0.2) is 14.5 Å². The van der Waals surface area contributed by atoms with E-state index in [0.717, 1.165) is 40.7 Å². The number of hydrogen-bond acceptors (Lipinski definition) is 5. The smallest absolute Gasteiger partial charge is 0.152 e. The Morgan fingerprint density at radius 3 is 3.05 bits per heavy atom. The van der Waals surface area contributed by atoms with Crippen LogP contribution in [0.2, 0.25) is 0 Å². The fourth-order valence-corrected chi connectivity index (χ4v) is 2.66. The molecule has 0 saturated carbocycles. The molecule has 0 atom stereocenters. The maximum Gasteiger partial charge on any atom is 0.152 e. The van der Waals surface area contributed by atoms with E-state index in [1.807, 2.05) is 30.6 Å². The minimum absolute atomic E-state index is 0.820. The van der Waals surface area contributed by atoms with E-state index in [1.165, 1.54) is 0 Å². The lowest BCUT2D eigenvalue weighted by molar-refractivity contribution is 0.913. The highest BCUT2D eigenvalue weighted by Gasteiger charge is 2.05. The number of nitrogens with zero attached hydrogens (tertiary/aromatic N) is 4. The minimum atomic E-state index is 0.820. The average molecular weight is 273 g/mol. The predicted molar refractivity (Wildman–Crippen MR) is 76.8 cm³/mol. The molecule has 0 unspecified atom stereocenters. The summed E-state index contributed by atoms with van der Waals surface area (Å²) >= 11 is 1.69. The summed E-state index contributed by atoms with van der Waals surface area (Å²) in [6, 6.07) is 2.03. The molecule has 0 saturated heterocycles. The molecule has 3 rings (SSSR count). The molecule has 3 aromatic rings. The topological polar surface area (TPSA) is 55.1 Å². The van der Waals surface area contributed by atoms with E-state index >= 15 is 0 Å². The highest BCUT2D eigenvalue weighted by Crippen LogP contribution is 2.15. The van der Waals surface area contributed by atoms with Gasteiger partial charge in [-0.1, -0.05) is 0 Å². The van der Waals surface area contributed by atoms with Gasteiger partial charge in [0.2, 0.25) is 0 Å². The standard InChI is InChI=1S/C13H15N5S/c1-9-7-12-13(15-5-6-18(12)17-9)14-4-3-11-8-19-10(2)16-11/h5-8H,3-4H2,1-2H3,(H,14,15). The molecule has 0 aromatic carbocycles. The number of aryl methyl sites for hydroxylation is 2. The van der Waals surface area contributed by atoms with E-state index in [1.54, 1.807) is 17.5 Å². The molecule has 0 radical (unpaired) electrons. The lowest BCUT2D eigenvalue weighted by Gasteiger charge is -2.05. The van der Waals surface area contributed by atoms with Gasteiger partial charge in [0, 0.05) is 30.7 Å². The minimum Gasteiger partial charge on any atom is -0.368 e. The van der Waals surface area contributed by atoms with Crippen molar-refractivity contribution in [1.82, 2.24) is 19.6 Å². The fourth-order valence-electron chi connectivity index (χ4n) is 2.01. The first-order chi connectivity index (χ1) is 9.22. The Hall–Kier alpha value is -1.95. The third kappa shape index (κ3) is 2.58. The molecule has 1 N–H and O–H groups in total. The summed E-state index contributed by atoms with van der Waals surface area (Å²) < 4.78 is 1.84. The van der Waals surface area contributed by atoms with Crippen LogP contribution in [0.1, 0.15) is 16.4 Å². The SMILES string of the molecule is Cc1cc2c(NCCc3csc(C)n3)nccn2n1. The quantitative estimate of drug-likeness (QED) is 0.793. The number of aromatic nitrogens is 4. The zero-order valence-electron chi connectivity index (χ0n) is 10.9. The van der Waals surface area contributed by atoms with Crippen LogP contribution in [0.5, 0.6) is 0 Å². The number of thiazole rings is 1. The maximum atomic E-state index is 4.45. The van der Waals surface area contributed by atoms with Crippen molar-refractivity contribution in [1.29, 1.82) is 0 Å². The molecular weight excluding hydrogens is 258 g/mol. The Balaban J connectivity index is 1.71. The van der Waals surface area contributed by atoms with Gasteiger partial charge in [-0.2, -0.15) is 5.10 Å². The Morgan fingerprint density at radius 1 is 1.37 bits per heavy atom. The first-order valence-electron chi connectivity index (χ1n) is 6.18. The lowest BCUT2D eigenvalue weighted by atomic mass is 10.3. The summed E-state index contributed by atoms with van der Waals surface area (Å²) in [6.07, 6.45) is 4.52. The molecule has 3 aromatic heterocycles. The average Bonchev–Trinajstić information content (AvgIpc) is 2.95. The molecule has 0 aliphatic heterocycles. The van der Waals surface area contributed by atoms with Crippen LogP contribution in [0, 0.1) is 13.8 Å². The van der Waals surface area contributed by atoms with Crippen LogP contribution in [0.15, 0.2) is 23.8 Å². The van der Waals surface area contributed by atoms with Gasteiger partial charge in [0.1, 0.15) is 5.52 Å². The van der Waals surface area contributed by atoms with Gasteiger partial charge in [-0.05, 0) is 19.9 Å². The van der Waals surface area contributed by atoms with Crippen molar-refractivity contribution in [2.45, 2.75) is 20.3 Å². The summed E-state index contributed by atoms with van der Waals surface area (Å²) in [5, 5.41) is 10.9. The highest BCUT2D eigenvalue weighted by atomic mass is 32.1. The maximum absolute atomic E-state index is 4.45. The molecule has 6 heteroatoms. The van der Waals surface area contributed by atoms with Crippen molar-refractivity contribution in [2.75, 3.05) is 11.9 Å². The number of nitrogens with one attached hydrogen (secondary N) is 1. The Labute approximate surface area is 115 Å². The first kappa shape index (κ1) is 12.1. The number of hydrogen-bond donors (Lipinski definition) is 1. The molecule has 0 bridgehead atoms. The molecule has 0 aliphatic carbocycles. The molecule has 3 heterocycles. The zero-order chi connectivity index (χ0) is 13.2. The van der Waals surface area contributed by atoms with Crippen molar-refractivity contribution >= 4 is 22.7 Å². The Morgan fingerprint density at radius 2 is 2.26 bits per heavy atom. The second kappa shape index (κ2) is 4.97. The summed E-state index contributed by atoms with van der Waals surface area (Å²) in [6.45, 7) is 4.83. The largest absolute Gasteiger partial charge is 0.368 e. The third-order valence-corrected chi connectivity index (χ3v) is 3.67. The second-order valence-electron chi connectivity index (χ2n) is 4.43. The number of anilines is 1. The normalized spacial score (nSPS) is 11.1. The van der Waals surface area contributed by atoms with Crippen LogP contribution in [0.4, 0.5) is 5.82 Å². The van der Waals surface area contributed by atoms with Gasteiger partial charge in [0.05, 0.1) is 16.4 Å². The van der Waals surface area contributed by atoms with Crippen molar-refractivity contribution in [3.8, 4) is 0 Å². The fraction of sp³-hybridized carbons (Fsp3) is 0.308. The van der Waals surface area contributed by atoms with E-state index in [0.29, 0.717) is 0 Å². The van der Waals surface area contributed by atoms with Gasteiger partial charge in [0.15, 0.2) is 5.82 Å². The van der Waals surface area contributed by atoms with E-state index in [9.17, 15) is 0 Å². The highest BCUT2D eigenvalue weighted by molar-refractivity contribution is 7.09. The molecule has 98 valence electrons. The van der Waals surface area contributed by atoms with E-state index in [2.05, 4.69) is 25.8 Å². The van der Waals surface area contributed by atoms with Gasteiger partial charge in [-0.15, -0.1) is 11.3 Å². The van der Waals surface area contributed by atoms with Crippen LogP contribution in [-0.4, -0.2) is 26.1 Å². The summed E-state index contributed by atoms with van der Waals surface area (Å²) in [4.78, 5) is 8.82. The van der Waals surface area contributed by atoms with Gasteiger partial charge in [-0.3, -0.25) is 0 Å². The van der Waals surface area contributed by atoms with Crippen molar-refractivity contribution in [2.24, 2.45) is 0 Å². The number of fused-ring (bicyclic) bond motifs is 1. The molecule has 0 spiro atoms. The van der Waals surface area contributed by atoms with Crippen LogP contribution in [0.25, 0.3) is 5.52 Å². The first-order valence-corrected chi connectivity index (χ1v) is 7.06. The summed E-state index contributed by atoms with van der Waals surface area (Å²) in [7, 11) is 0. The van der Waals surface area contributed by atoms with E-state index in [4.69, 9.17) is 0 Å². The lowest BCUT2D eigenvalue weighted by Crippen LogP contribution is -2.07. The van der Waals surface area contributed by atoms with Crippen LogP contribution in [0.3, 0.4) is 0 Å². The molecule has 0 fully saturated rings. The van der Waals surface area contributed by atoms with Crippen molar-refractivity contribution in [3.05, 3.63) is 40.2 Å².